The molecule has 11 heteroatoms. The smallest absolute Gasteiger partial charge is 0.215 e. The Hall–Kier alpha value is -5.65. The van der Waals surface area contributed by atoms with E-state index in [1.807, 2.05) is 64.3 Å². The summed E-state index contributed by atoms with van der Waals surface area (Å²) in [5.41, 5.74) is 13.6. The molecule has 0 spiro atoms. The van der Waals surface area contributed by atoms with Crippen molar-refractivity contribution in [2.45, 2.75) is 158 Å². The summed E-state index contributed by atoms with van der Waals surface area (Å²) in [6, 6.07) is 16.4. The first-order chi connectivity index (χ1) is 31.1. The Morgan fingerprint density at radius 3 is 1.51 bits per heavy atom. The molecule has 0 atom stereocenters. The predicted octanol–water partition coefficient (Wildman–Crippen LogP) is 11.9. The van der Waals surface area contributed by atoms with Crippen molar-refractivity contribution in [2.24, 2.45) is 0 Å². The molecule has 3 heterocycles. The van der Waals surface area contributed by atoms with Crippen molar-refractivity contribution >= 4 is 39.6 Å². The van der Waals surface area contributed by atoms with Crippen molar-refractivity contribution in [2.75, 3.05) is 25.1 Å². The molecule has 0 aliphatic heterocycles. The highest BCUT2D eigenvalue weighted by molar-refractivity contribution is 5.98. The molecular weight excluding hydrogens is 837 g/mol. The number of phenolic OH excluding ortho intramolecular Hbond substituents is 2. The first-order valence-electron chi connectivity index (χ1n) is 23.8. The van der Waals surface area contributed by atoms with Crippen LogP contribution in [0.15, 0.2) is 54.7 Å². The van der Waals surface area contributed by atoms with Crippen molar-refractivity contribution in [1.29, 1.82) is 0 Å². The first-order valence-corrected chi connectivity index (χ1v) is 23.8. The summed E-state index contributed by atoms with van der Waals surface area (Å²) < 4.78 is 6.28. The van der Waals surface area contributed by atoms with Gasteiger partial charge in [-0.05, 0) is 133 Å². The number of aromatic nitrogens is 5. The van der Waals surface area contributed by atoms with Crippen LogP contribution in [0, 0.1) is 27.7 Å². The molecule has 360 valence electrons. The third-order valence-corrected chi connectivity index (χ3v) is 13.0. The number of Topliss-reactive ketones (excluding diaryl/α,β-unsaturated/α-hetero) is 1. The Bertz CT molecular complexity index is 2890. The number of nitrogens with one attached hydrogen (secondary N) is 1. The lowest BCUT2D eigenvalue weighted by atomic mass is 9.78. The molecule has 5 N–H and O–H groups in total. The number of ketones is 1. The number of rotatable bonds is 11. The molecule has 0 amide bonds. The number of carbonyl (C=O) groups excluding carboxylic acids is 1. The number of carbonyl (C=O) groups is 1. The zero-order chi connectivity index (χ0) is 49.7. The van der Waals surface area contributed by atoms with Crippen molar-refractivity contribution in [1.82, 2.24) is 23.5 Å². The Morgan fingerprint density at radius 2 is 1.03 bits per heavy atom. The number of imidazole rings is 3. The maximum atomic E-state index is 13.7. The van der Waals surface area contributed by atoms with Gasteiger partial charge in [0, 0.05) is 65.9 Å². The molecule has 0 fully saturated rings. The second-order valence-electron chi connectivity index (χ2n) is 22.7. The summed E-state index contributed by atoms with van der Waals surface area (Å²) in [6.45, 7) is 35.0. The number of benzene rings is 4. The average Bonchev–Trinajstić information content (AvgIpc) is 3.85. The Morgan fingerprint density at radius 1 is 0.582 bits per heavy atom. The summed E-state index contributed by atoms with van der Waals surface area (Å²) in [5.74, 6) is 2.10. The molecule has 0 radical (unpaired) electrons. The topological polar surface area (TPSA) is 150 Å². The summed E-state index contributed by atoms with van der Waals surface area (Å²) in [4.78, 5) is 23.4. The summed E-state index contributed by atoms with van der Waals surface area (Å²) >= 11 is 0. The fourth-order valence-electron chi connectivity index (χ4n) is 8.69. The van der Waals surface area contributed by atoms with Crippen LogP contribution in [0.5, 0.6) is 11.5 Å². The molecule has 0 bridgehead atoms. The highest BCUT2D eigenvalue weighted by Gasteiger charge is 2.30. The molecule has 0 saturated heterocycles. The van der Waals surface area contributed by atoms with E-state index in [9.17, 15) is 25.2 Å². The van der Waals surface area contributed by atoms with Gasteiger partial charge >= 0.3 is 0 Å². The van der Waals surface area contributed by atoms with Gasteiger partial charge in [-0.1, -0.05) is 83.1 Å². The van der Waals surface area contributed by atoms with Crippen LogP contribution in [0.25, 0.3) is 39.1 Å². The summed E-state index contributed by atoms with van der Waals surface area (Å²) in [7, 11) is 0. The maximum Gasteiger partial charge on any atom is 0.215 e. The molecule has 4 aromatic carbocycles. The van der Waals surface area contributed by atoms with E-state index >= 15 is 0 Å². The molecule has 0 unspecified atom stereocenters. The molecule has 3 aromatic heterocycles. The van der Waals surface area contributed by atoms with Crippen LogP contribution in [0.2, 0.25) is 0 Å². The average molecular weight is 913 g/mol. The van der Waals surface area contributed by atoms with Gasteiger partial charge in [-0.3, -0.25) is 9.20 Å². The second kappa shape index (κ2) is 18.8. The predicted molar refractivity (Wildman–Crippen MR) is 276 cm³/mol. The number of aliphatic hydroxyl groups is 2. The molecule has 7 rings (SSSR count). The van der Waals surface area contributed by atoms with Crippen molar-refractivity contribution in [3.8, 4) is 22.8 Å². The molecule has 0 saturated carbocycles. The number of hydrogen-bond acceptors (Lipinski definition) is 8. The van der Waals surface area contributed by atoms with Crippen LogP contribution in [-0.2, 0) is 34.7 Å². The Balaban J connectivity index is 0.000000221. The maximum absolute atomic E-state index is 13.7. The number of fused-ring (bicyclic) bond motifs is 4. The lowest BCUT2D eigenvalue weighted by Crippen LogP contribution is -2.20. The van der Waals surface area contributed by atoms with Gasteiger partial charge in [-0.25, -0.2) is 9.97 Å². The molecule has 11 nitrogen and oxygen atoms in total. The van der Waals surface area contributed by atoms with E-state index in [4.69, 9.17) is 9.97 Å². The Kier molecular flexibility index (Phi) is 14.2. The van der Waals surface area contributed by atoms with Crippen LogP contribution < -0.4 is 5.32 Å². The summed E-state index contributed by atoms with van der Waals surface area (Å²) in [5, 5.41) is 44.2. The lowest BCUT2D eigenvalue weighted by molar-refractivity contribution is 0.0973. The molecular formula is C56H76N6O5. The monoisotopic (exact) mass is 913 g/mol. The van der Waals surface area contributed by atoms with E-state index in [0.717, 1.165) is 72.5 Å². The zero-order valence-electron chi connectivity index (χ0n) is 43.1. The molecule has 0 aliphatic rings. The van der Waals surface area contributed by atoms with Crippen molar-refractivity contribution < 1.29 is 25.2 Å². The third kappa shape index (κ3) is 10.6. The second-order valence-corrected chi connectivity index (χ2v) is 22.7. The quantitative estimate of drug-likeness (QED) is 0.0636. The number of aromatic hydroxyl groups is 2. The molecule has 67 heavy (non-hydrogen) atoms. The van der Waals surface area contributed by atoms with E-state index < -0.39 is 0 Å². The lowest BCUT2D eigenvalue weighted by Gasteiger charge is -2.28. The number of nitrogens with zero attached hydrogens (tertiary/aromatic N) is 5. The molecule has 7 aromatic rings. The highest BCUT2D eigenvalue weighted by Crippen LogP contribution is 2.43. The highest BCUT2D eigenvalue weighted by atomic mass is 16.3. The number of phenols is 2. The number of aliphatic hydroxyl groups excluding tert-OH is 2. The van der Waals surface area contributed by atoms with E-state index in [1.54, 1.807) is 0 Å². The normalized spacial score (nSPS) is 12.6. The number of anilines is 1. The van der Waals surface area contributed by atoms with E-state index in [-0.39, 0.29) is 53.0 Å². The van der Waals surface area contributed by atoms with Gasteiger partial charge in [-0.15, -0.1) is 0 Å². The third-order valence-electron chi connectivity index (χ3n) is 13.0. The van der Waals surface area contributed by atoms with Crippen molar-refractivity contribution in [3.63, 3.8) is 0 Å². The SMILES string of the molecule is Cc1cc2nc(NCCCO)n(CC(=O)c3cc(C(C)(C)C)c(O)c(C(C)(C)C)c3)c2cc1C.Cc1cc2nc3n(CCCO)c(-c4cc(C(C)(C)C)c(O)c(C(C)(C)C)c4)cn3c2cc1C. The fraction of sp³-hybridized carbons (Fsp3) is 0.482. The van der Waals surface area contributed by atoms with Gasteiger partial charge in [0.25, 0.3) is 0 Å². The van der Waals surface area contributed by atoms with Crippen LogP contribution in [-0.4, -0.2) is 69.5 Å². The van der Waals surface area contributed by atoms with Gasteiger partial charge in [0.2, 0.25) is 11.7 Å². The van der Waals surface area contributed by atoms with E-state index in [0.29, 0.717) is 43.2 Å². The van der Waals surface area contributed by atoms with E-state index in [1.165, 1.54) is 11.1 Å². The fourth-order valence-corrected chi connectivity index (χ4v) is 8.69. The Labute approximate surface area is 397 Å². The van der Waals surface area contributed by atoms with Gasteiger partial charge in [0.1, 0.15) is 11.5 Å². The minimum Gasteiger partial charge on any atom is -0.507 e. The first kappa shape index (κ1) is 50.8. The minimum absolute atomic E-state index is 0.0428. The van der Waals surface area contributed by atoms with Crippen LogP contribution >= 0.6 is 0 Å². The van der Waals surface area contributed by atoms with Gasteiger partial charge in [0.15, 0.2) is 5.78 Å². The number of aryl methyl sites for hydroxylation is 5. The van der Waals surface area contributed by atoms with Crippen LogP contribution in [0.4, 0.5) is 5.95 Å². The van der Waals surface area contributed by atoms with Crippen LogP contribution in [0.3, 0.4) is 0 Å². The summed E-state index contributed by atoms with van der Waals surface area (Å²) in [6.07, 6.45) is 3.40. The van der Waals surface area contributed by atoms with Gasteiger partial charge in [-0.2, -0.15) is 0 Å². The van der Waals surface area contributed by atoms with Gasteiger partial charge < -0.3 is 34.9 Å². The van der Waals surface area contributed by atoms with E-state index in [2.05, 4.69) is 120 Å². The van der Waals surface area contributed by atoms with Gasteiger partial charge in [0.05, 0.1) is 34.3 Å². The number of hydrogen-bond donors (Lipinski definition) is 5. The van der Waals surface area contributed by atoms with Crippen molar-refractivity contribution in [3.05, 3.63) is 105 Å². The molecule has 0 aliphatic carbocycles. The minimum atomic E-state index is -0.312. The standard InChI is InChI=1S/C28H39N3O3.C28H37N3O2/c1-17-12-22-23(13-18(17)2)31(26(30-22)29-10-9-11-32)16-24(33)19-14-20(27(3,4)5)25(34)21(15-19)28(6,7)8;1-17-12-22-23(13-18(17)2)31-16-24(30(10-9-11-32)26(31)29-22)19-14-20(27(3,4)5)25(33)21(15-19)28(6,7)8/h12-15,32,34H,9-11,16H2,1-8H3,(H,29,30);12-16,32-33H,9-11H2,1-8H3. The zero-order valence-corrected chi connectivity index (χ0v) is 43.1. The van der Waals surface area contributed by atoms with Crippen LogP contribution in [0.1, 0.15) is 151 Å². The largest absolute Gasteiger partial charge is 0.507 e.